The van der Waals surface area contributed by atoms with Gasteiger partial charge in [-0.15, -0.1) is 0 Å². The maximum absolute atomic E-state index is 12.5. The number of hydrogen-bond donors (Lipinski definition) is 1. The van der Waals surface area contributed by atoms with Crippen molar-refractivity contribution < 1.29 is 17.9 Å². The number of carbonyl (C=O) groups excluding carboxylic acids is 1. The number of ether oxygens (including phenoxy) is 1. The van der Waals surface area contributed by atoms with Crippen LogP contribution in [0.1, 0.15) is 26.3 Å². The average molecular weight is 432 g/mol. The van der Waals surface area contributed by atoms with Crippen molar-refractivity contribution in [3.63, 3.8) is 0 Å². The van der Waals surface area contributed by atoms with Crippen LogP contribution in [-0.2, 0) is 21.3 Å². The van der Waals surface area contributed by atoms with Crippen LogP contribution in [0.5, 0.6) is 0 Å². The van der Waals surface area contributed by atoms with Crippen molar-refractivity contribution in [3.8, 4) is 0 Å². The topological polar surface area (TPSA) is 79.0 Å². The van der Waals surface area contributed by atoms with Crippen molar-refractivity contribution in [1.82, 2.24) is 9.62 Å². The second kappa shape index (κ2) is 9.06. The molecule has 7 nitrogen and oxygen atoms in total. The normalized spacial score (nSPS) is 15.2. The van der Waals surface area contributed by atoms with E-state index in [1.807, 2.05) is 45.0 Å². The van der Waals surface area contributed by atoms with E-state index in [1.165, 1.54) is 0 Å². The first-order valence-corrected chi connectivity index (χ1v) is 11.5. The van der Waals surface area contributed by atoms with Gasteiger partial charge in [0.15, 0.2) is 0 Å². The van der Waals surface area contributed by atoms with Crippen LogP contribution in [0.2, 0.25) is 0 Å². The van der Waals surface area contributed by atoms with Crippen molar-refractivity contribution in [3.05, 3.63) is 60.2 Å². The Morgan fingerprint density at radius 1 is 0.967 bits per heavy atom. The lowest BCUT2D eigenvalue weighted by Crippen LogP contribution is -2.50. The highest BCUT2D eigenvalue weighted by molar-refractivity contribution is 7.89. The fraction of sp³-hybridized carbons (Fsp3) is 0.409. The van der Waals surface area contributed by atoms with Crippen molar-refractivity contribution >= 4 is 21.8 Å². The van der Waals surface area contributed by atoms with Gasteiger partial charge in [-0.25, -0.2) is 17.9 Å². The van der Waals surface area contributed by atoms with E-state index in [1.54, 1.807) is 35.2 Å². The summed E-state index contributed by atoms with van der Waals surface area (Å²) in [5.74, 6) is 0. The molecular weight excluding hydrogens is 402 g/mol. The van der Waals surface area contributed by atoms with Gasteiger partial charge >= 0.3 is 6.09 Å². The number of piperazine rings is 1. The number of rotatable bonds is 5. The van der Waals surface area contributed by atoms with Gasteiger partial charge < -0.3 is 14.5 Å². The molecule has 1 fully saturated rings. The van der Waals surface area contributed by atoms with Crippen molar-refractivity contribution in [1.29, 1.82) is 0 Å². The summed E-state index contributed by atoms with van der Waals surface area (Å²) < 4.78 is 33.2. The molecule has 0 radical (unpaired) electrons. The minimum atomic E-state index is -3.58. The van der Waals surface area contributed by atoms with E-state index in [-0.39, 0.29) is 17.5 Å². The summed E-state index contributed by atoms with van der Waals surface area (Å²) in [6, 6.07) is 16.1. The molecule has 1 aliphatic rings. The molecule has 1 saturated heterocycles. The van der Waals surface area contributed by atoms with Crippen LogP contribution in [-0.4, -0.2) is 51.2 Å². The molecule has 162 valence electrons. The van der Waals surface area contributed by atoms with Gasteiger partial charge in [-0.1, -0.05) is 36.4 Å². The molecule has 0 bridgehead atoms. The number of anilines is 1. The van der Waals surface area contributed by atoms with Gasteiger partial charge in [0.25, 0.3) is 0 Å². The summed E-state index contributed by atoms with van der Waals surface area (Å²) in [4.78, 5) is 16.4. The number of para-hydroxylation sites is 1. The molecule has 1 aliphatic heterocycles. The van der Waals surface area contributed by atoms with E-state index in [9.17, 15) is 13.2 Å². The summed E-state index contributed by atoms with van der Waals surface area (Å²) in [5.41, 5.74) is 1.34. The predicted octanol–water partition coefficient (Wildman–Crippen LogP) is 3.22. The van der Waals surface area contributed by atoms with Gasteiger partial charge in [0.1, 0.15) is 5.60 Å². The van der Waals surface area contributed by atoms with Crippen LogP contribution in [0.3, 0.4) is 0 Å². The van der Waals surface area contributed by atoms with Gasteiger partial charge in [0.2, 0.25) is 10.0 Å². The lowest BCUT2D eigenvalue weighted by atomic mass is 10.1. The van der Waals surface area contributed by atoms with Crippen LogP contribution in [0.15, 0.2) is 59.5 Å². The number of carbonyl (C=O) groups is 1. The molecule has 2 aromatic carbocycles. The lowest BCUT2D eigenvalue weighted by molar-refractivity contribution is 0.0240. The van der Waals surface area contributed by atoms with Crippen molar-refractivity contribution in [2.24, 2.45) is 0 Å². The third kappa shape index (κ3) is 5.73. The van der Waals surface area contributed by atoms with E-state index in [2.05, 4.69) is 9.62 Å². The fourth-order valence-corrected chi connectivity index (χ4v) is 4.31. The maximum atomic E-state index is 12.5. The number of nitrogens with one attached hydrogen (secondary N) is 1. The Bertz CT molecular complexity index is 963. The summed E-state index contributed by atoms with van der Waals surface area (Å²) in [6.45, 7) is 8.18. The third-order valence-corrected chi connectivity index (χ3v) is 6.19. The first-order chi connectivity index (χ1) is 14.2. The molecule has 1 heterocycles. The first-order valence-electron chi connectivity index (χ1n) is 10.0. The maximum Gasteiger partial charge on any atom is 0.410 e. The van der Waals surface area contributed by atoms with E-state index >= 15 is 0 Å². The van der Waals surface area contributed by atoms with Crippen LogP contribution < -0.4 is 9.62 Å². The Labute approximate surface area is 178 Å². The van der Waals surface area contributed by atoms with Crippen molar-refractivity contribution in [2.45, 2.75) is 37.8 Å². The van der Waals surface area contributed by atoms with E-state index in [0.717, 1.165) is 11.3 Å². The zero-order chi connectivity index (χ0) is 21.8. The number of amides is 1. The molecule has 0 unspecified atom stereocenters. The molecule has 30 heavy (non-hydrogen) atoms. The van der Waals surface area contributed by atoms with Gasteiger partial charge in [0.05, 0.1) is 4.90 Å². The zero-order valence-corrected chi connectivity index (χ0v) is 18.5. The van der Waals surface area contributed by atoms with Gasteiger partial charge in [-0.05, 0) is 44.5 Å². The van der Waals surface area contributed by atoms with Crippen LogP contribution in [0, 0.1) is 0 Å². The zero-order valence-electron chi connectivity index (χ0n) is 17.7. The highest BCUT2D eigenvalue weighted by atomic mass is 32.2. The summed E-state index contributed by atoms with van der Waals surface area (Å²) in [6.07, 6.45) is -0.300. The summed E-state index contributed by atoms with van der Waals surface area (Å²) in [7, 11) is -3.58. The predicted molar refractivity (Wildman–Crippen MR) is 117 cm³/mol. The second-order valence-corrected chi connectivity index (χ2v) is 9.99. The molecule has 3 rings (SSSR count). The monoisotopic (exact) mass is 431 g/mol. The number of benzene rings is 2. The second-order valence-electron chi connectivity index (χ2n) is 8.22. The van der Waals surface area contributed by atoms with Gasteiger partial charge in [-0.2, -0.15) is 0 Å². The number of nitrogens with zero attached hydrogens (tertiary/aromatic N) is 2. The Kier molecular flexibility index (Phi) is 6.67. The summed E-state index contributed by atoms with van der Waals surface area (Å²) >= 11 is 0. The quantitative estimate of drug-likeness (QED) is 0.786. The largest absolute Gasteiger partial charge is 0.444 e. The Morgan fingerprint density at radius 2 is 1.57 bits per heavy atom. The number of sulfonamides is 1. The average Bonchev–Trinajstić information content (AvgIpc) is 2.72. The van der Waals surface area contributed by atoms with Crippen LogP contribution in [0.4, 0.5) is 10.5 Å². The van der Waals surface area contributed by atoms with E-state index in [4.69, 9.17) is 4.74 Å². The van der Waals surface area contributed by atoms with Gasteiger partial charge in [0, 0.05) is 38.4 Å². The Hall–Kier alpha value is -2.58. The van der Waals surface area contributed by atoms with Crippen molar-refractivity contribution in [2.75, 3.05) is 31.1 Å². The van der Waals surface area contributed by atoms with Crippen LogP contribution in [0.25, 0.3) is 0 Å². The molecule has 0 saturated carbocycles. The highest BCUT2D eigenvalue weighted by Crippen LogP contribution is 2.23. The molecule has 2 aromatic rings. The SMILES string of the molecule is CC(C)(C)OC(=O)N1CCN(c2ccccc2CNS(=O)(=O)c2ccccc2)CC1. The Balaban J connectivity index is 1.64. The molecule has 0 spiro atoms. The molecule has 0 aromatic heterocycles. The molecule has 0 atom stereocenters. The first kappa shape index (κ1) is 22.1. The Morgan fingerprint density at radius 3 is 2.20 bits per heavy atom. The lowest BCUT2D eigenvalue weighted by Gasteiger charge is -2.37. The highest BCUT2D eigenvalue weighted by Gasteiger charge is 2.26. The van der Waals surface area contributed by atoms with E-state index in [0.29, 0.717) is 26.2 Å². The summed E-state index contributed by atoms with van der Waals surface area (Å²) in [5, 5.41) is 0. The molecule has 1 amide bonds. The molecular formula is C22H29N3O4S. The van der Waals surface area contributed by atoms with Crippen LogP contribution >= 0.6 is 0 Å². The molecule has 8 heteroatoms. The van der Waals surface area contributed by atoms with E-state index < -0.39 is 15.6 Å². The molecule has 1 N–H and O–H groups in total. The molecule has 0 aliphatic carbocycles. The smallest absolute Gasteiger partial charge is 0.410 e. The fourth-order valence-electron chi connectivity index (χ4n) is 3.28. The minimum Gasteiger partial charge on any atom is -0.444 e. The number of hydrogen-bond acceptors (Lipinski definition) is 5. The van der Waals surface area contributed by atoms with Gasteiger partial charge in [-0.3, -0.25) is 0 Å². The minimum absolute atomic E-state index is 0.194. The standard InChI is InChI=1S/C22H29N3O4S/c1-22(2,3)29-21(26)25-15-13-24(14-16-25)20-12-8-7-9-18(20)17-23-30(27,28)19-10-5-4-6-11-19/h4-12,23H,13-17H2,1-3H3. The third-order valence-electron chi connectivity index (χ3n) is 4.77.